The standard InChI is InChI=1S/C24H28N4O4/c1-14(2)28-13-17-5-4-16(10-18(17)11-19(24(28)32)12-21(29)30)23(31)27(3)20-8-6-15(7-9-20)22(25)26/h4-10,14,19H,11-13H2,1-3H3,(H3,25,26)(H,29,30)/t19-/m1/s1. The Morgan fingerprint density at radius 1 is 1.16 bits per heavy atom. The lowest BCUT2D eigenvalue weighted by atomic mass is 9.93. The predicted molar refractivity (Wildman–Crippen MR) is 122 cm³/mol. The Morgan fingerprint density at radius 2 is 1.78 bits per heavy atom. The van der Waals surface area contributed by atoms with E-state index in [1.54, 1.807) is 48.3 Å². The maximum Gasteiger partial charge on any atom is 0.304 e. The van der Waals surface area contributed by atoms with E-state index in [0.29, 0.717) is 23.4 Å². The molecule has 3 rings (SSSR count). The van der Waals surface area contributed by atoms with Crippen LogP contribution in [-0.4, -0.2) is 46.7 Å². The second-order valence-electron chi connectivity index (χ2n) is 8.37. The largest absolute Gasteiger partial charge is 0.481 e. The van der Waals surface area contributed by atoms with Crippen molar-refractivity contribution < 1.29 is 19.5 Å². The van der Waals surface area contributed by atoms with E-state index in [1.165, 1.54) is 4.90 Å². The van der Waals surface area contributed by atoms with E-state index in [1.807, 2.05) is 19.9 Å². The summed E-state index contributed by atoms with van der Waals surface area (Å²) in [6.07, 6.45) is 0.0316. The van der Waals surface area contributed by atoms with Crippen molar-refractivity contribution in [3.8, 4) is 0 Å². The van der Waals surface area contributed by atoms with E-state index in [0.717, 1.165) is 11.1 Å². The monoisotopic (exact) mass is 436 g/mol. The van der Waals surface area contributed by atoms with E-state index >= 15 is 0 Å². The van der Waals surface area contributed by atoms with Gasteiger partial charge in [-0.1, -0.05) is 6.07 Å². The lowest BCUT2D eigenvalue weighted by molar-refractivity contribution is -0.145. The highest BCUT2D eigenvalue weighted by molar-refractivity contribution is 6.06. The van der Waals surface area contributed by atoms with Crippen molar-refractivity contribution >= 4 is 29.3 Å². The first kappa shape index (κ1) is 23.0. The minimum absolute atomic E-state index is 0.0443. The summed E-state index contributed by atoms with van der Waals surface area (Å²) in [5, 5.41) is 16.8. The number of carboxylic acids is 1. The summed E-state index contributed by atoms with van der Waals surface area (Å²) in [4.78, 5) is 40.6. The normalized spacial score (nSPS) is 15.8. The molecule has 0 unspecified atom stereocenters. The molecule has 1 atom stereocenters. The number of fused-ring (bicyclic) bond motifs is 1. The molecule has 32 heavy (non-hydrogen) atoms. The maximum absolute atomic E-state index is 13.1. The number of amides is 2. The highest BCUT2D eigenvalue weighted by Crippen LogP contribution is 2.28. The molecule has 0 bridgehead atoms. The van der Waals surface area contributed by atoms with Crippen molar-refractivity contribution in [2.75, 3.05) is 11.9 Å². The van der Waals surface area contributed by atoms with Crippen molar-refractivity contribution in [3.05, 3.63) is 64.7 Å². The number of amidine groups is 1. The molecular weight excluding hydrogens is 408 g/mol. The van der Waals surface area contributed by atoms with Gasteiger partial charge >= 0.3 is 5.97 Å². The van der Waals surface area contributed by atoms with Gasteiger partial charge in [0, 0.05) is 36.4 Å². The van der Waals surface area contributed by atoms with E-state index < -0.39 is 11.9 Å². The molecule has 4 N–H and O–H groups in total. The molecule has 0 radical (unpaired) electrons. The third-order valence-corrected chi connectivity index (χ3v) is 5.81. The lowest BCUT2D eigenvalue weighted by Gasteiger charge is -2.27. The minimum atomic E-state index is -1.02. The number of anilines is 1. The number of carbonyl (C=O) groups is 3. The summed E-state index contributed by atoms with van der Waals surface area (Å²) in [6.45, 7) is 4.20. The summed E-state index contributed by atoms with van der Waals surface area (Å²) in [5.41, 5.74) is 8.91. The highest BCUT2D eigenvalue weighted by Gasteiger charge is 2.32. The molecule has 0 spiro atoms. The molecule has 0 fully saturated rings. The quantitative estimate of drug-likeness (QED) is 0.474. The summed E-state index contributed by atoms with van der Waals surface area (Å²) in [7, 11) is 1.66. The van der Waals surface area contributed by atoms with Crippen molar-refractivity contribution in [2.45, 2.75) is 39.3 Å². The Balaban J connectivity index is 1.91. The van der Waals surface area contributed by atoms with Gasteiger partial charge in [-0.05, 0) is 67.8 Å². The molecule has 0 aromatic heterocycles. The van der Waals surface area contributed by atoms with Gasteiger partial charge in [-0.15, -0.1) is 0 Å². The minimum Gasteiger partial charge on any atom is -0.481 e. The molecule has 1 heterocycles. The highest BCUT2D eigenvalue weighted by atomic mass is 16.4. The molecule has 8 heteroatoms. The number of nitrogens with zero attached hydrogens (tertiary/aromatic N) is 2. The van der Waals surface area contributed by atoms with E-state index in [2.05, 4.69) is 0 Å². The lowest BCUT2D eigenvalue weighted by Crippen LogP contribution is -2.40. The van der Waals surface area contributed by atoms with Crippen LogP contribution in [0.5, 0.6) is 0 Å². The fraction of sp³-hybridized carbons (Fsp3) is 0.333. The number of benzene rings is 2. The molecule has 0 saturated carbocycles. The van der Waals surface area contributed by atoms with Gasteiger partial charge in [-0.25, -0.2) is 0 Å². The van der Waals surface area contributed by atoms with Crippen molar-refractivity contribution in [2.24, 2.45) is 11.7 Å². The first-order chi connectivity index (χ1) is 15.1. The second kappa shape index (κ2) is 9.21. The second-order valence-corrected chi connectivity index (χ2v) is 8.37. The van der Waals surface area contributed by atoms with E-state index in [9.17, 15) is 19.5 Å². The molecule has 2 amide bonds. The molecule has 1 aliphatic heterocycles. The predicted octanol–water partition coefficient (Wildman–Crippen LogP) is 2.63. The van der Waals surface area contributed by atoms with Crippen LogP contribution < -0.4 is 10.6 Å². The van der Waals surface area contributed by atoms with Crippen LogP contribution in [0.4, 0.5) is 5.69 Å². The SMILES string of the molecule is CC(C)N1Cc2ccc(C(=O)N(C)c3ccc(C(=N)N)cc3)cc2C[C@H](CC(=O)O)C1=O. The Bertz CT molecular complexity index is 1060. The van der Waals surface area contributed by atoms with Crippen LogP contribution in [0.3, 0.4) is 0 Å². The number of hydrogen-bond acceptors (Lipinski definition) is 4. The Morgan fingerprint density at radius 3 is 2.34 bits per heavy atom. The number of nitrogens with two attached hydrogens (primary N) is 1. The van der Waals surface area contributed by atoms with Crippen LogP contribution in [0.15, 0.2) is 42.5 Å². The summed E-state index contributed by atoms with van der Waals surface area (Å²) < 4.78 is 0. The zero-order valence-corrected chi connectivity index (χ0v) is 18.5. The van der Waals surface area contributed by atoms with Crippen molar-refractivity contribution in [1.29, 1.82) is 5.41 Å². The smallest absolute Gasteiger partial charge is 0.304 e. The van der Waals surface area contributed by atoms with Gasteiger partial charge in [-0.2, -0.15) is 0 Å². The molecule has 0 aliphatic carbocycles. The number of hydrogen-bond donors (Lipinski definition) is 3. The number of aliphatic carboxylic acids is 1. The Kier molecular flexibility index (Phi) is 6.62. The maximum atomic E-state index is 13.1. The average molecular weight is 437 g/mol. The van der Waals surface area contributed by atoms with Crippen LogP contribution in [0.2, 0.25) is 0 Å². The van der Waals surface area contributed by atoms with Crippen LogP contribution >= 0.6 is 0 Å². The number of nitrogens with one attached hydrogen (secondary N) is 1. The number of nitrogen functional groups attached to an aromatic ring is 1. The Labute approximate surface area is 187 Å². The van der Waals surface area contributed by atoms with Gasteiger partial charge in [0.15, 0.2) is 0 Å². The molecular formula is C24H28N4O4. The average Bonchev–Trinajstić information content (AvgIpc) is 2.88. The number of carbonyl (C=O) groups excluding carboxylic acids is 2. The fourth-order valence-corrected chi connectivity index (χ4v) is 3.93. The fourth-order valence-electron chi connectivity index (χ4n) is 3.93. The van der Waals surface area contributed by atoms with E-state index in [4.69, 9.17) is 11.1 Å². The third-order valence-electron chi connectivity index (χ3n) is 5.81. The molecule has 2 aromatic carbocycles. The number of rotatable bonds is 6. The topological polar surface area (TPSA) is 128 Å². The zero-order valence-electron chi connectivity index (χ0n) is 18.5. The summed E-state index contributed by atoms with van der Waals surface area (Å²) in [5.74, 6) is -2.13. The van der Waals surface area contributed by atoms with Crippen LogP contribution in [0.25, 0.3) is 0 Å². The first-order valence-corrected chi connectivity index (χ1v) is 10.4. The van der Waals surface area contributed by atoms with Crippen LogP contribution in [-0.2, 0) is 22.6 Å². The van der Waals surface area contributed by atoms with Gasteiger partial charge in [0.1, 0.15) is 5.84 Å². The van der Waals surface area contributed by atoms with Gasteiger partial charge in [-0.3, -0.25) is 19.8 Å². The van der Waals surface area contributed by atoms with Crippen LogP contribution in [0, 0.1) is 11.3 Å². The summed E-state index contributed by atoms with van der Waals surface area (Å²) >= 11 is 0. The molecule has 8 nitrogen and oxygen atoms in total. The zero-order chi connectivity index (χ0) is 23.6. The summed E-state index contributed by atoms with van der Waals surface area (Å²) in [6, 6.07) is 12.1. The van der Waals surface area contributed by atoms with Crippen molar-refractivity contribution in [3.63, 3.8) is 0 Å². The molecule has 2 aromatic rings. The molecule has 1 aliphatic rings. The van der Waals surface area contributed by atoms with Gasteiger partial charge in [0.2, 0.25) is 5.91 Å². The van der Waals surface area contributed by atoms with Gasteiger partial charge in [0.25, 0.3) is 5.91 Å². The first-order valence-electron chi connectivity index (χ1n) is 10.4. The molecule has 168 valence electrons. The Hall–Kier alpha value is -3.68. The van der Waals surface area contributed by atoms with Crippen LogP contribution in [0.1, 0.15) is 47.3 Å². The third kappa shape index (κ3) is 4.80. The number of carboxylic acid groups (broad SMARTS) is 1. The molecule has 0 saturated heterocycles. The van der Waals surface area contributed by atoms with Gasteiger partial charge < -0.3 is 20.6 Å². The van der Waals surface area contributed by atoms with E-state index in [-0.39, 0.29) is 36.5 Å². The van der Waals surface area contributed by atoms with Gasteiger partial charge in [0.05, 0.1) is 12.3 Å². The van der Waals surface area contributed by atoms with Crippen molar-refractivity contribution in [1.82, 2.24) is 4.90 Å².